The van der Waals surface area contributed by atoms with Gasteiger partial charge in [0.2, 0.25) is 0 Å². The molecular weight excluding hydrogens is 184 g/mol. The maximum absolute atomic E-state index is 12.0. The van der Waals surface area contributed by atoms with Crippen LogP contribution in [0.15, 0.2) is 0 Å². The Morgan fingerprint density at radius 3 is 2.75 bits per heavy atom. The summed E-state index contributed by atoms with van der Waals surface area (Å²) in [4.78, 5) is 1.74. The predicted molar refractivity (Wildman–Crippen MR) is 45.9 cm³/mol. The first-order valence-corrected chi connectivity index (χ1v) is 4.68. The van der Waals surface area contributed by atoms with Crippen LogP contribution in [0.3, 0.4) is 0 Å². The van der Waals surface area contributed by atoms with Crippen molar-refractivity contribution in [3.05, 3.63) is 0 Å². The molecular formula is C8H14ClF2N. The van der Waals surface area contributed by atoms with Gasteiger partial charge >= 0.3 is 0 Å². The maximum atomic E-state index is 12.0. The Morgan fingerprint density at radius 2 is 2.25 bits per heavy atom. The van der Waals surface area contributed by atoms with Crippen LogP contribution in [0.5, 0.6) is 0 Å². The topological polar surface area (TPSA) is 3.24 Å². The fourth-order valence-corrected chi connectivity index (χ4v) is 1.77. The summed E-state index contributed by atoms with van der Waals surface area (Å²) in [6, 6.07) is 0. The van der Waals surface area contributed by atoms with Crippen LogP contribution < -0.4 is 0 Å². The van der Waals surface area contributed by atoms with E-state index < -0.39 is 6.43 Å². The zero-order valence-corrected chi connectivity index (χ0v) is 7.90. The lowest BCUT2D eigenvalue weighted by Crippen LogP contribution is -2.42. The van der Waals surface area contributed by atoms with Crippen molar-refractivity contribution in [2.45, 2.75) is 25.1 Å². The summed E-state index contributed by atoms with van der Waals surface area (Å²) in [6.07, 6.45) is -1.30. The van der Waals surface area contributed by atoms with E-state index in [1.54, 1.807) is 4.90 Å². The van der Waals surface area contributed by atoms with Gasteiger partial charge in [0, 0.05) is 11.9 Å². The summed E-state index contributed by atoms with van der Waals surface area (Å²) in [5.41, 5.74) is 0. The van der Waals surface area contributed by atoms with E-state index in [9.17, 15) is 8.78 Å². The highest BCUT2D eigenvalue weighted by Crippen LogP contribution is 2.21. The largest absolute Gasteiger partial charge is 0.296 e. The molecule has 1 heterocycles. The van der Waals surface area contributed by atoms with E-state index in [1.807, 2.05) is 0 Å². The summed E-state index contributed by atoms with van der Waals surface area (Å²) in [5, 5.41) is 0.0394. The zero-order valence-electron chi connectivity index (χ0n) is 7.14. The van der Waals surface area contributed by atoms with E-state index in [-0.39, 0.29) is 11.9 Å². The van der Waals surface area contributed by atoms with Gasteiger partial charge in [-0.1, -0.05) is 6.92 Å². The van der Waals surface area contributed by atoms with Gasteiger partial charge in [-0.2, -0.15) is 0 Å². The number of piperidine rings is 1. The number of alkyl halides is 3. The number of hydrogen-bond acceptors (Lipinski definition) is 1. The molecule has 0 bridgehead atoms. The van der Waals surface area contributed by atoms with E-state index in [2.05, 4.69) is 6.92 Å². The molecule has 1 aliphatic heterocycles. The molecule has 1 rings (SSSR count). The second kappa shape index (κ2) is 4.38. The zero-order chi connectivity index (χ0) is 9.14. The van der Waals surface area contributed by atoms with E-state index in [1.165, 1.54) is 0 Å². The quantitative estimate of drug-likeness (QED) is 0.614. The number of nitrogens with zero attached hydrogens (tertiary/aromatic N) is 1. The average molecular weight is 198 g/mol. The first-order chi connectivity index (χ1) is 5.59. The van der Waals surface area contributed by atoms with Crippen LogP contribution in [0.25, 0.3) is 0 Å². The molecule has 0 N–H and O–H groups in total. The Kier molecular flexibility index (Phi) is 3.72. The van der Waals surface area contributed by atoms with Crippen LogP contribution in [0, 0.1) is 5.92 Å². The molecule has 0 saturated carbocycles. The Bertz CT molecular complexity index is 143. The SMILES string of the molecule is CC1CCN(CC(F)F)CC1Cl. The van der Waals surface area contributed by atoms with E-state index in [0.29, 0.717) is 12.5 Å². The van der Waals surface area contributed by atoms with Crippen molar-refractivity contribution in [3.63, 3.8) is 0 Å². The second-order valence-electron chi connectivity index (χ2n) is 3.43. The van der Waals surface area contributed by atoms with Crippen molar-refractivity contribution < 1.29 is 8.78 Å². The van der Waals surface area contributed by atoms with Gasteiger partial charge in [0.05, 0.1) is 6.54 Å². The molecule has 0 aliphatic carbocycles. The highest BCUT2D eigenvalue weighted by atomic mass is 35.5. The summed E-state index contributed by atoms with van der Waals surface area (Å²) >= 11 is 5.96. The van der Waals surface area contributed by atoms with Crippen LogP contribution in [-0.4, -0.2) is 36.3 Å². The first kappa shape index (κ1) is 10.2. The summed E-state index contributed by atoms with van der Waals surface area (Å²) < 4.78 is 23.9. The second-order valence-corrected chi connectivity index (χ2v) is 3.99. The number of likely N-dealkylation sites (tertiary alicyclic amines) is 1. The van der Waals surface area contributed by atoms with Crippen LogP contribution in [0.4, 0.5) is 8.78 Å². The first-order valence-electron chi connectivity index (χ1n) is 4.24. The van der Waals surface area contributed by atoms with Crippen LogP contribution in [-0.2, 0) is 0 Å². The normalized spacial score (nSPS) is 32.8. The highest BCUT2D eigenvalue weighted by molar-refractivity contribution is 6.21. The summed E-state index contributed by atoms with van der Waals surface area (Å²) in [6.45, 7) is 3.30. The summed E-state index contributed by atoms with van der Waals surface area (Å²) in [7, 11) is 0. The average Bonchev–Trinajstić information content (AvgIpc) is 1.96. The molecule has 1 aliphatic rings. The third-order valence-corrected chi connectivity index (χ3v) is 2.92. The Morgan fingerprint density at radius 1 is 1.58 bits per heavy atom. The molecule has 0 spiro atoms. The van der Waals surface area contributed by atoms with Gasteiger partial charge in [0.25, 0.3) is 6.43 Å². The predicted octanol–water partition coefficient (Wildman–Crippen LogP) is 2.20. The molecule has 1 fully saturated rings. The molecule has 72 valence electrons. The molecule has 0 aromatic rings. The molecule has 0 radical (unpaired) electrons. The summed E-state index contributed by atoms with van der Waals surface area (Å²) in [5.74, 6) is 0.459. The van der Waals surface area contributed by atoms with Gasteiger partial charge in [-0.05, 0) is 18.9 Å². The lowest BCUT2D eigenvalue weighted by Gasteiger charge is -2.33. The van der Waals surface area contributed by atoms with Gasteiger partial charge in [0.1, 0.15) is 0 Å². The third kappa shape index (κ3) is 2.87. The third-order valence-electron chi connectivity index (χ3n) is 2.35. The fourth-order valence-electron chi connectivity index (χ4n) is 1.45. The number of rotatable bonds is 2. The minimum Gasteiger partial charge on any atom is -0.296 e. The molecule has 2 unspecified atom stereocenters. The molecule has 0 aromatic heterocycles. The molecule has 0 aromatic carbocycles. The van der Waals surface area contributed by atoms with Crippen LogP contribution >= 0.6 is 11.6 Å². The van der Waals surface area contributed by atoms with Crippen LogP contribution in [0.1, 0.15) is 13.3 Å². The minimum absolute atomic E-state index is 0.0394. The smallest absolute Gasteiger partial charge is 0.251 e. The van der Waals surface area contributed by atoms with E-state index >= 15 is 0 Å². The highest BCUT2D eigenvalue weighted by Gasteiger charge is 2.25. The van der Waals surface area contributed by atoms with Crippen molar-refractivity contribution in [2.75, 3.05) is 19.6 Å². The Balaban J connectivity index is 2.30. The standard InChI is InChI=1S/C8H14ClF2N/c1-6-2-3-12(4-7(6)9)5-8(10)11/h6-8H,2-5H2,1H3. The van der Waals surface area contributed by atoms with Crippen molar-refractivity contribution in [1.82, 2.24) is 4.90 Å². The van der Waals surface area contributed by atoms with Crippen molar-refractivity contribution in [2.24, 2.45) is 5.92 Å². The molecule has 1 nitrogen and oxygen atoms in total. The van der Waals surface area contributed by atoms with E-state index in [0.717, 1.165) is 13.0 Å². The van der Waals surface area contributed by atoms with E-state index in [4.69, 9.17) is 11.6 Å². The fraction of sp³-hybridized carbons (Fsp3) is 1.00. The minimum atomic E-state index is -2.23. The van der Waals surface area contributed by atoms with Crippen molar-refractivity contribution in [1.29, 1.82) is 0 Å². The van der Waals surface area contributed by atoms with Gasteiger partial charge in [0.15, 0.2) is 0 Å². The number of halogens is 3. The Labute approximate surface area is 76.7 Å². The van der Waals surface area contributed by atoms with Gasteiger partial charge in [-0.15, -0.1) is 11.6 Å². The Hall–Kier alpha value is 0.110. The van der Waals surface area contributed by atoms with Gasteiger partial charge < -0.3 is 0 Å². The van der Waals surface area contributed by atoms with Gasteiger partial charge in [-0.3, -0.25) is 4.90 Å². The molecule has 4 heteroatoms. The molecule has 1 saturated heterocycles. The lowest BCUT2D eigenvalue weighted by molar-refractivity contribution is 0.0721. The van der Waals surface area contributed by atoms with Crippen LogP contribution in [0.2, 0.25) is 0 Å². The lowest BCUT2D eigenvalue weighted by atomic mass is 9.99. The van der Waals surface area contributed by atoms with Gasteiger partial charge in [-0.25, -0.2) is 8.78 Å². The molecule has 2 atom stereocenters. The molecule has 0 amide bonds. The van der Waals surface area contributed by atoms with Crippen molar-refractivity contribution in [3.8, 4) is 0 Å². The molecule has 12 heavy (non-hydrogen) atoms. The maximum Gasteiger partial charge on any atom is 0.251 e. The van der Waals surface area contributed by atoms with Crippen molar-refractivity contribution >= 4 is 11.6 Å². The number of hydrogen-bond donors (Lipinski definition) is 0. The monoisotopic (exact) mass is 197 g/mol.